The van der Waals surface area contributed by atoms with Gasteiger partial charge in [0.1, 0.15) is 5.75 Å². The van der Waals surface area contributed by atoms with Crippen LogP contribution in [0.5, 0.6) is 5.75 Å². The van der Waals surface area contributed by atoms with Gasteiger partial charge in [-0.15, -0.1) is 6.58 Å². The summed E-state index contributed by atoms with van der Waals surface area (Å²) in [5, 5.41) is 2.66. The van der Waals surface area contributed by atoms with Crippen molar-refractivity contribution in [1.82, 2.24) is 5.32 Å². The van der Waals surface area contributed by atoms with Crippen molar-refractivity contribution < 1.29 is 9.53 Å². The molecular weight excluding hydrogens is 330 g/mol. The van der Waals surface area contributed by atoms with Crippen molar-refractivity contribution >= 4 is 21.8 Å². The molecule has 2 aromatic carbocycles. The zero-order valence-electron chi connectivity index (χ0n) is 11.5. The van der Waals surface area contributed by atoms with Crippen LogP contribution in [0.2, 0.25) is 0 Å². The van der Waals surface area contributed by atoms with Gasteiger partial charge in [-0.1, -0.05) is 42.5 Å². The van der Waals surface area contributed by atoms with Crippen LogP contribution in [0.4, 0.5) is 0 Å². The minimum Gasteiger partial charge on any atom is -0.483 e. The Morgan fingerprint density at radius 2 is 1.95 bits per heavy atom. The van der Waals surface area contributed by atoms with Crippen LogP contribution in [-0.2, 0) is 4.79 Å². The second-order valence-corrected chi connectivity index (χ2v) is 5.25. The van der Waals surface area contributed by atoms with Crippen LogP contribution in [0.25, 0.3) is 11.1 Å². The first-order chi connectivity index (χ1) is 10.2. The highest BCUT2D eigenvalue weighted by Crippen LogP contribution is 2.30. The summed E-state index contributed by atoms with van der Waals surface area (Å²) in [5.74, 6) is 0.470. The number of carbonyl (C=O) groups is 1. The van der Waals surface area contributed by atoms with Crippen LogP contribution in [0.1, 0.15) is 0 Å². The summed E-state index contributed by atoms with van der Waals surface area (Å²) in [6.07, 6.45) is 1.63. The fraction of sp³-hybridized carbons (Fsp3) is 0.118. The molecule has 0 spiro atoms. The quantitative estimate of drug-likeness (QED) is 0.808. The summed E-state index contributed by atoms with van der Waals surface area (Å²) < 4.78 is 6.31. The van der Waals surface area contributed by atoms with E-state index in [0.29, 0.717) is 12.3 Å². The van der Waals surface area contributed by atoms with E-state index in [1.807, 2.05) is 48.5 Å². The Morgan fingerprint density at radius 1 is 1.19 bits per heavy atom. The number of carbonyl (C=O) groups excluding carboxylic acids is 1. The van der Waals surface area contributed by atoms with Gasteiger partial charge in [-0.2, -0.15) is 0 Å². The molecule has 21 heavy (non-hydrogen) atoms. The van der Waals surface area contributed by atoms with Gasteiger partial charge in [0.15, 0.2) is 6.61 Å². The first-order valence-corrected chi connectivity index (χ1v) is 7.35. The predicted octanol–water partition coefficient (Wildman–Crippen LogP) is 3.80. The zero-order valence-corrected chi connectivity index (χ0v) is 13.1. The molecule has 0 aliphatic heterocycles. The van der Waals surface area contributed by atoms with E-state index >= 15 is 0 Å². The molecule has 4 heteroatoms. The average molecular weight is 346 g/mol. The topological polar surface area (TPSA) is 38.3 Å². The van der Waals surface area contributed by atoms with E-state index < -0.39 is 0 Å². The Morgan fingerprint density at radius 3 is 2.62 bits per heavy atom. The summed E-state index contributed by atoms with van der Waals surface area (Å²) in [4.78, 5) is 11.5. The van der Waals surface area contributed by atoms with E-state index in [0.717, 1.165) is 15.6 Å². The van der Waals surface area contributed by atoms with Crippen LogP contribution in [-0.4, -0.2) is 19.1 Å². The largest absolute Gasteiger partial charge is 0.483 e. The SMILES string of the molecule is C=CCNC(=O)COc1ccc(-c2ccccc2)cc1Br. The van der Waals surface area contributed by atoms with Crippen LogP contribution >= 0.6 is 15.9 Å². The third-order valence-electron chi connectivity index (χ3n) is 2.84. The van der Waals surface area contributed by atoms with Gasteiger partial charge in [0, 0.05) is 6.54 Å². The minimum atomic E-state index is -0.172. The van der Waals surface area contributed by atoms with Crippen molar-refractivity contribution in [3.05, 3.63) is 65.7 Å². The predicted molar refractivity (Wildman–Crippen MR) is 88.3 cm³/mol. The van der Waals surface area contributed by atoms with Crippen LogP contribution in [0, 0.1) is 0 Å². The number of hydrogen-bond acceptors (Lipinski definition) is 2. The van der Waals surface area contributed by atoms with Gasteiger partial charge in [0.25, 0.3) is 5.91 Å². The number of ether oxygens (including phenoxy) is 1. The van der Waals surface area contributed by atoms with Crippen molar-refractivity contribution in [2.45, 2.75) is 0 Å². The molecule has 0 saturated heterocycles. The zero-order chi connectivity index (χ0) is 15.1. The van der Waals surface area contributed by atoms with Crippen LogP contribution < -0.4 is 10.1 Å². The lowest BCUT2D eigenvalue weighted by Crippen LogP contribution is -2.28. The van der Waals surface area contributed by atoms with Crippen molar-refractivity contribution in [3.63, 3.8) is 0 Å². The molecule has 1 amide bonds. The number of halogens is 1. The molecule has 0 fully saturated rings. The second-order valence-electron chi connectivity index (χ2n) is 4.39. The molecule has 2 aromatic rings. The highest BCUT2D eigenvalue weighted by Gasteiger charge is 2.06. The van der Waals surface area contributed by atoms with Crippen molar-refractivity contribution in [3.8, 4) is 16.9 Å². The Kier molecular flexibility index (Phi) is 5.58. The maximum atomic E-state index is 11.5. The van der Waals surface area contributed by atoms with Crippen LogP contribution in [0.3, 0.4) is 0 Å². The molecule has 0 aliphatic rings. The number of amides is 1. The number of nitrogens with one attached hydrogen (secondary N) is 1. The van der Waals surface area contributed by atoms with E-state index in [4.69, 9.17) is 4.74 Å². The number of benzene rings is 2. The molecule has 0 heterocycles. The van der Waals surface area contributed by atoms with Gasteiger partial charge in [-0.25, -0.2) is 0 Å². The number of rotatable bonds is 6. The molecule has 0 bridgehead atoms. The Bertz CT molecular complexity index is 626. The van der Waals surface area contributed by atoms with Crippen LogP contribution in [0.15, 0.2) is 65.7 Å². The van der Waals surface area contributed by atoms with E-state index in [1.165, 1.54) is 0 Å². The normalized spacial score (nSPS) is 9.95. The van der Waals surface area contributed by atoms with Crippen molar-refractivity contribution in [2.24, 2.45) is 0 Å². The minimum absolute atomic E-state index is 0.0167. The number of hydrogen-bond donors (Lipinski definition) is 1. The standard InChI is InChI=1S/C17H16BrNO2/c1-2-10-19-17(20)12-21-16-9-8-14(11-15(16)18)13-6-4-3-5-7-13/h2-9,11H,1,10,12H2,(H,19,20). The Balaban J connectivity index is 2.03. The fourth-order valence-electron chi connectivity index (χ4n) is 1.81. The summed E-state index contributed by atoms with van der Waals surface area (Å²) in [7, 11) is 0. The smallest absolute Gasteiger partial charge is 0.258 e. The maximum absolute atomic E-state index is 11.5. The molecule has 0 aromatic heterocycles. The van der Waals surface area contributed by atoms with E-state index in [2.05, 4.69) is 27.8 Å². The Hall–Kier alpha value is -2.07. The van der Waals surface area contributed by atoms with Gasteiger partial charge in [-0.05, 0) is 39.2 Å². The lowest BCUT2D eigenvalue weighted by molar-refractivity contribution is -0.122. The lowest BCUT2D eigenvalue weighted by atomic mass is 10.1. The van der Waals surface area contributed by atoms with E-state index in [-0.39, 0.29) is 12.5 Å². The first-order valence-electron chi connectivity index (χ1n) is 6.56. The van der Waals surface area contributed by atoms with E-state index in [1.54, 1.807) is 6.08 Å². The first kappa shape index (κ1) is 15.3. The molecule has 0 radical (unpaired) electrons. The molecular formula is C17H16BrNO2. The molecule has 0 aliphatic carbocycles. The summed E-state index contributed by atoms with van der Waals surface area (Å²) >= 11 is 3.47. The molecule has 0 saturated carbocycles. The van der Waals surface area contributed by atoms with Gasteiger partial charge < -0.3 is 10.1 Å². The molecule has 108 valence electrons. The third-order valence-corrected chi connectivity index (χ3v) is 3.46. The van der Waals surface area contributed by atoms with Gasteiger partial charge >= 0.3 is 0 Å². The van der Waals surface area contributed by atoms with Crippen molar-refractivity contribution in [1.29, 1.82) is 0 Å². The molecule has 2 rings (SSSR count). The van der Waals surface area contributed by atoms with E-state index in [9.17, 15) is 4.79 Å². The second kappa shape index (κ2) is 7.64. The summed E-state index contributed by atoms with van der Waals surface area (Å²) in [5.41, 5.74) is 2.22. The summed E-state index contributed by atoms with van der Waals surface area (Å²) in [6, 6.07) is 15.9. The van der Waals surface area contributed by atoms with Gasteiger partial charge in [0.2, 0.25) is 0 Å². The van der Waals surface area contributed by atoms with Crippen molar-refractivity contribution in [2.75, 3.05) is 13.2 Å². The fourth-order valence-corrected chi connectivity index (χ4v) is 2.30. The Labute approximate surface area is 132 Å². The highest BCUT2D eigenvalue weighted by molar-refractivity contribution is 9.10. The average Bonchev–Trinajstić information content (AvgIpc) is 2.52. The van der Waals surface area contributed by atoms with Gasteiger partial charge in [0.05, 0.1) is 4.47 Å². The highest BCUT2D eigenvalue weighted by atomic mass is 79.9. The maximum Gasteiger partial charge on any atom is 0.258 e. The molecule has 0 unspecified atom stereocenters. The molecule has 1 N–H and O–H groups in total. The van der Waals surface area contributed by atoms with Gasteiger partial charge in [-0.3, -0.25) is 4.79 Å². The summed E-state index contributed by atoms with van der Waals surface area (Å²) in [6.45, 7) is 3.96. The molecule has 0 atom stereocenters. The lowest BCUT2D eigenvalue weighted by Gasteiger charge is -2.10. The molecule has 3 nitrogen and oxygen atoms in total. The third kappa shape index (κ3) is 4.46. The monoisotopic (exact) mass is 345 g/mol.